The van der Waals surface area contributed by atoms with Crippen LogP contribution in [0.4, 0.5) is 5.13 Å². The molecule has 0 amide bonds. The highest BCUT2D eigenvalue weighted by Gasteiger charge is 2.06. The standard InChI is InChI=1S/C8H9N3S2/c1-6(7-2-3-12-4-7)10-8-11-9-5-13-8/h2-6H,1H3,(H,10,11). The van der Waals surface area contributed by atoms with Crippen LogP contribution in [0.15, 0.2) is 22.3 Å². The SMILES string of the molecule is CC(Nc1nncs1)c1ccsc1. The Kier molecular flexibility index (Phi) is 2.56. The average molecular weight is 211 g/mol. The van der Waals surface area contributed by atoms with Crippen molar-refractivity contribution in [1.29, 1.82) is 0 Å². The fraction of sp³-hybridized carbons (Fsp3) is 0.250. The summed E-state index contributed by atoms with van der Waals surface area (Å²) in [6.07, 6.45) is 0. The Morgan fingerprint density at radius 2 is 2.46 bits per heavy atom. The molecule has 68 valence electrons. The first-order valence-electron chi connectivity index (χ1n) is 3.91. The molecule has 5 heteroatoms. The first-order valence-corrected chi connectivity index (χ1v) is 5.73. The zero-order chi connectivity index (χ0) is 9.10. The molecule has 3 nitrogen and oxygen atoms in total. The first-order chi connectivity index (χ1) is 6.36. The highest BCUT2D eigenvalue weighted by molar-refractivity contribution is 7.13. The highest BCUT2D eigenvalue weighted by Crippen LogP contribution is 2.21. The molecule has 1 unspecified atom stereocenters. The van der Waals surface area contributed by atoms with E-state index in [1.807, 2.05) is 0 Å². The van der Waals surface area contributed by atoms with Gasteiger partial charge in [0, 0.05) is 0 Å². The van der Waals surface area contributed by atoms with E-state index in [1.165, 1.54) is 16.9 Å². The highest BCUT2D eigenvalue weighted by atomic mass is 32.1. The molecule has 0 fully saturated rings. The average Bonchev–Trinajstić information content (AvgIpc) is 2.74. The van der Waals surface area contributed by atoms with E-state index in [2.05, 4.69) is 39.3 Å². The van der Waals surface area contributed by atoms with E-state index in [0.717, 1.165) is 5.13 Å². The topological polar surface area (TPSA) is 37.8 Å². The van der Waals surface area contributed by atoms with E-state index in [4.69, 9.17) is 0 Å². The van der Waals surface area contributed by atoms with E-state index in [9.17, 15) is 0 Å². The molecule has 0 aliphatic rings. The van der Waals surface area contributed by atoms with Crippen LogP contribution in [-0.4, -0.2) is 10.2 Å². The summed E-state index contributed by atoms with van der Waals surface area (Å²) in [6.45, 7) is 2.11. The van der Waals surface area contributed by atoms with Crippen molar-refractivity contribution in [2.75, 3.05) is 5.32 Å². The van der Waals surface area contributed by atoms with Crippen LogP contribution in [0.5, 0.6) is 0 Å². The van der Waals surface area contributed by atoms with Crippen LogP contribution >= 0.6 is 22.7 Å². The molecule has 0 bridgehead atoms. The molecule has 0 radical (unpaired) electrons. The molecule has 0 saturated heterocycles. The summed E-state index contributed by atoms with van der Waals surface area (Å²) in [5, 5.41) is 16.1. The van der Waals surface area contributed by atoms with Gasteiger partial charge in [-0.05, 0) is 29.3 Å². The lowest BCUT2D eigenvalue weighted by atomic mass is 10.2. The van der Waals surface area contributed by atoms with Crippen LogP contribution in [0.1, 0.15) is 18.5 Å². The van der Waals surface area contributed by atoms with Crippen LogP contribution < -0.4 is 5.32 Å². The molecule has 0 spiro atoms. The quantitative estimate of drug-likeness (QED) is 0.848. The predicted octanol–water partition coefficient (Wildman–Crippen LogP) is 2.77. The van der Waals surface area contributed by atoms with Gasteiger partial charge in [-0.25, -0.2) is 0 Å². The molecule has 2 rings (SSSR count). The van der Waals surface area contributed by atoms with Gasteiger partial charge in [-0.15, -0.1) is 10.2 Å². The van der Waals surface area contributed by atoms with Crippen LogP contribution in [-0.2, 0) is 0 Å². The summed E-state index contributed by atoms with van der Waals surface area (Å²) in [5.41, 5.74) is 3.02. The summed E-state index contributed by atoms with van der Waals surface area (Å²) >= 11 is 3.23. The van der Waals surface area contributed by atoms with Gasteiger partial charge in [-0.2, -0.15) is 11.3 Å². The van der Waals surface area contributed by atoms with Gasteiger partial charge >= 0.3 is 0 Å². The Morgan fingerprint density at radius 3 is 3.08 bits per heavy atom. The Bertz CT molecular complexity index is 341. The molecule has 13 heavy (non-hydrogen) atoms. The number of hydrogen-bond acceptors (Lipinski definition) is 5. The van der Waals surface area contributed by atoms with Crippen molar-refractivity contribution in [2.24, 2.45) is 0 Å². The monoisotopic (exact) mass is 211 g/mol. The van der Waals surface area contributed by atoms with Crippen molar-refractivity contribution in [3.8, 4) is 0 Å². The normalized spacial score (nSPS) is 12.7. The van der Waals surface area contributed by atoms with Crippen molar-refractivity contribution in [3.63, 3.8) is 0 Å². The molecule has 2 aromatic rings. The molecule has 1 atom stereocenters. The molecule has 2 heterocycles. The third kappa shape index (κ3) is 2.05. The van der Waals surface area contributed by atoms with Crippen molar-refractivity contribution < 1.29 is 0 Å². The second-order valence-corrected chi connectivity index (χ2v) is 4.28. The Labute approximate surface area is 84.5 Å². The molecule has 0 saturated carbocycles. The summed E-state index contributed by atoms with van der Waals surface area (Å²) in [5.74, 6) is 0. The van der Waals surface area contributed by atoms with E-state index < -0.39 is 0 Å². The van der Waals surface area contributed by atoms with Crippen LogP contribution in [0.25, 0.3) is 0 Å². The second-order valence-electron chi connectivity index (χ2n) is 2.67. The van der Waals surface area contributed by atoms with Gasteiger partial charge in [-0.3, -0.25) is 0 Å². The maximum Gasteiger partial charge on any atom is 0.205 e. The molecule has 0 aromatic carbocycles. The summed E-state index contributed by atoms with van der Waals surface area (Å²) in [4.78, 5) is 0. The number of nitrogens with one attached hydrogen (secondary N) is 1. The van der Waals surface area contributed by atoms with Gasteiger partial charge in [0.15, 0.2) is 0 Å². The minimum atomic E-state index is 0.305. The first kappa shape index (κ1) is 8.65. The third-order valence-electron chi connectivity index (χ3n) is 1.74. The number of nitrogens with zero attached hydrogens (tertiary/aromatic N) is 2. The van der Waals surface area contributed by atoms with Crippen molar-refractivity contribution >= 4 is 27.8 Å². The smallest absolute Gasteiger partial charge is 0.205 e. The van der Waals surface area contributed by atoms with Crippen LogP contribution in [0.3, 0.4) is 0 Å². The van der Waals surface area contributed by atoms with Gasteiger partial charge < -0.3 is 5.32 Å². The lowest BCUT2D eigenvalue weighted by Crippen LogP contribution is -2.04. The Balaban J connectivity index is 2.04. The zero-order valence-corrected chi connectivity index (χ0v) is 8.73. The fourth-order valence-electron chi connectivity index (χ4n) is 1.03. The van der Waals surface area contributed by atoms with Crippen molar-refractivity contribution in [2.45, 2.75) is 13.0 Å². The maximum absolute atomic E-state index is 3.93. The summed E-state index contributed by atoms with van der Waals surface area (Å²) in [6, 6.07) is 2.42. The molecule has 1 N–H and O–H groups in total. The van der Waals surface area contributed by atoms with E-state index in [0.29, 0.717) is 6.04 Å². The molecule has 0 aliphatic carbocycles. The zero-order valence-electron chi connectivity index (χ0n) is 7.10. The number of aromatic nitrogens is 2. The summed E-state index contributed by atoms with van der Waals surface area (Å²) < 4.78 is 0. The number of thiophene rings is 1. The molecular weight excluding hydrogens is 202 g/mol. The molecule has 0 aliphatic heterocycles. The van der Waals surface area contributed by atoms with Gasteiger partial charge in [0.25, 0.3) is 0 Å². The lowest BCUT2D eigenvalue weighted by molar-refractivity contribution is 0.879. The van der Waals surface area contributed by atoms with Crippen molar-refractivity contribution in [1.82, 2.24) is 10.2 Å². The van der Waals surface area contributed by atoms with Crippen LogP contribution in [0.2, 0.25) is 0 Å². The Morgan fingerprint density at radius 1 is 1.54 bits per heavy atom. The molecule has 2 aromatic heterocycles. The van der Waals surface area contributed by atoms with Crippen molar-refractivity contribution in [3.05, 3.63) is 27.9 Å². The minimum Gasteiger partial charge on any atom is -0.354 e. The van der Waals surface area contributed by atoms with E-state index in [-0.39, 0.29) is 0 Å². The largest absolute Gasteiger partial charge is 0.354 e. The molecular formula is C8H9N3S2. The van der Waals surface area contributed by atoms with Crippen LogP contribution in [0, 0.1) is 0 Å². The fourth-order valence-corrected chi connectivity index (χ4v) is 2.31. The number of rotatable bonds is 3. The second kappa shape index (κ2) is 3.85. The number of hydrogen-bond donors (Lipinski definition) is 1. The summed E-state index contributed by atoms with van der Waals surface area (Å²) in [7, 11) is 0. The number of anilines is 1. The van der Waals surface area contributed by atoms with Gasteiger partial charge in [0.05, 0.1) is 6.04 Å². The van der Waals surface area contributed by atoms with E-state index in [1.54, 1.807) is 16.8 Å². The van der Waals surface area contributed by atoms with Gasteiger partial charge in [0.2, 0.25) is 5.13 Å². The lowest BCUT2D eigenvalue weighted by Gasteiger charge is -2.09. The maximum atomic E-state index is 3.93. The van der Waals surface area contributed by atoms with Gasteiger partial charge in [-0.1, -0.05) is 11.3 Å². The van der Waals surface area contributed by atoms with E-state index >= 15 is 0 Å². The minimum absolute atomic E-state index is 0.305. The van der Waals surface area contributed by atoms with Gasteiger partial charge in [0.1, 0.15) is 5.51 Å². The predicted molar refractivity (Wildman–Crippen MR) is 56.3 cm³/mol. The Hall–Kier alpha value is -0.940. The third-order valence-corrected chi connectivity index (χ3v) is 3.07.